The highest BCUT2D eigenvalue weighted by atomic mass is 16.5. The molecule has 2 heterocycles. The molecule has 10 aromatic carbocycles. The van der Waals surface area contributed by atoms with Crippen LogP contribution in [0.4, 0.5) is 17.1 Å². The molecule has 0 N–H and O–H groups in total. The van der Waals surface area contributed by atoms with Crippen LogP contribution in [0.3, 0.4) is 0 Å². The first-order chi connectivity index (χ1) is 31.0. The Morgan fingerprint density at radius 2 is 0.968 bits per heavy atom. The summed E-state index contributed by atoms with van der Waals surface area (Å²) in [6, 6.07) is 74.8. The molecule has 296 valence electrons. The Balaban J connectivity index is 1.04. The van der Waals surface area contributed by atoms with Crippen molar-refractivity contribution in [2.75, 3.05) is 4.90 Å². The van der Waals surface area contributed by atoms with Crippen LogP contribution in [-0.2, 0) is 5.41 Å². The zero-order valence-electron chi connectivity index (χ0n) is 35.0. The Labute approximate surface area is 367 Å². The van der Waals surface area contributed by atoms with Gasteiger partial charge in [0.15, 0.2) is 0 Å². The molecule has 0 bridgehead atoms. The van der Waals surface area contributed by atoms with E-state index < -0.39 is 0 Å². The van der Waals surface area contributed by atoms with Crippen molar-refractivity contribution < 1.29 is 9.47 Å². The molecule has 0 saturated heterocycles. The lowest BCUT2D eigenvalue weighted by Gasteiger charge is -2.34. The Morgan fingerprint density at radius 1 is 0.413 bits per heavy atom. The van der Waals surface area contributed by atoms with Crippen LogP contribution in [0.25, 0.3) is 54.9 Å². The summed E-state index contributed by atoms with van der Waals surface area (Å²) in [4.78, 5) is 2.47. The lowest BCUT2D eigenvalue weighted by molar-refractivity contribution is 0.465. The van der Waals surface area contributed by atoms with Crippen LogP contribution in [0, 0.1) is 0 Å². The van der Waals surface area contributed by atoms with Gasteiger partial charge in [-0.3, -0.25) is 0 Å². The van der Waals surface area contributed by atoms with Gasteiger partial charge >= 0.3 is 0 Å². The van der Waals surface area contributed by atoms with Gasteiger partial charge in [-0.15, -0.1) is 0 Å². The molecule has 0 amide bonds. The molecule has 0 fully saturated rings. The van der Waals surface area contributed by atoms with E-state index in [1.54, 1.807) is 0 Å². The number of hydrogen-bond donors (Lipinski definition) is 0. The second-order valence-electron chi connectivity index (χ2n) is 17.6. The lowest BCUT2D eigenvalue weighted by Crippen LogP contribution is -2.57. The third kappa shape index (κ3) is 5.41. The van der Waals surface area contributed by atoms with Gasteiger partial charge in [0.25, 0.3) is 6.71 Å². The number of rotatable bonds is 5. The molecule has 13 rings (SSSR count). The van der Waals surface area contributed by atoms with Crippen molar-refractivity contribution in [1.82, 2.24) is 0 Å². The van der Waals surface area contributed by atoms with E-state index in [0.717, 1.165) is 45.5 Å². The smallest absolute Gasteiger partial charge is 0.261 e. The molecular weight excluding hydrogens is 765 g/mol. The van der Waals surface area contributed by atoms with Crippen molar-refractivity contribution in [3.63, 3.8) is 0 Å². The molecule has 0 radical (unpaired) electrons. The van der Waals surface area contributed by atoms with E-state index in [9.17, 15) is 0 Å². The van der Waals surface area contributed by atoms with Gasteiger partial charge in [0.05, 0.1) is 5.69 Å². The fourth-order valence-electron chi connectivity index (χ4n) is 10.8. The Bertz CT molecular complexity index is 3420. The largest absolute Gasteiger partial charge is 0.458 e. The van der Waals surface area contributed by atoms with Gasteiger partial charge in [0.1, 0.15) is 23.0 Å². The summed E-state index contributed by atoms with van der Waals surface area (Å²) >= 11 is 0. The first-order valence-electron chi connectivity index (χ1n) is 21.9. The minimum Gasteiger partial charge on any atom is -0.458 e. The zero-order valence-corrected chi connectivity index (χ0v) is 35.0. The van der Waals surface area contributed by atoms with Crippen molar-refractivity contribution in [1.29, 1.82) is 0 Å². The quantitative estimate of drug-likeness (QED) is 0.162. The maximum absolute atomic E-state index is 6.96. The molecule has 0 atom stereocenters. The van der Waals surface area contributed by atoms with E-state index in [2.05, 4.69) is 219 Å². The third-order valence-electron chi connectivity index (χ3n) is 13.7. The number of anilines is 3. The van der Waals surface area contributed by atoms with Crippen molar-refractivity contribution >= 4 is 61.7 Å². The first kappa shape index (κ1) is 35.9. The number of ether oxygens (including phenoxy) is 2. The van der Waals surface area contributed by atoms with E-state index in [0.29, 0.717) is 0 Å². The van der Waals surface area contributed by atoms with E-state index >= 15 is 0 Å². The van der Waals surface area contributed by atoms with Crippen LogP contribution in [-0.4, -0.2) is 6.71 Å². The highest BCUT2D eigenvalue weighted by Crippen LogP contribution is 2.56. The summed E-state index contributed by atoms with van der Waals surface area (Å²) < 4.78 is 13.6. The second-order valence-corrected chi connectivity index (χ2v) is 17.6. The predicted octanol–water partition coefficient (Wildman–Crippen LogP) is 13.8. The van der Waals surface area contributed by atoms with Crippen molar-refractivity contribution in [2.24, 2.45) is 0 Å². The van der Waals surface area contributed by atoms with Crippen LogP contribution in [0.5, 0.6) is 23.0 Å². The zero-order chi connectivity index (χ0) is 41.8. The minimum atomic E-state index is -0.339. The van der Waals surface area contributed by atoms with Gasteiger partial charge in [-0.05, 0) is 126 Å². The van der Waals surface area contributed by atoms with E-state index in [1.165, 1.54) is 77.0 Å². The second kappa shape index (κ2) is 13.6. The third-order valence-corrected chi connectivity index (χ3v) is 13.7. The van der Waals surface area contributed by atoms with E-state index in [-0.39, 0.29) is 12.1 Å². The van der Waals surface area contributed by atoms with Crippen LogP contribution in [0.1, 0.15) is 25.0 Å². The summed E-state index contributed by atoms with van der Waals surface area (Å²) in [5.41, 5.74) is 16.3. The molecule has 10 aromatic rings. The standard InChI is InChI=1S/C59H40BNO2/c1-59(2)48-35-50-55(63-53-29-15-28-52-58(53)60(50)57-44-25-10-9-20-39(44)30-31-54(57)62-52)34-47(48)56-46-27-12-11-26-45(46)51(36-49(56)59)61(42-23-13-21-40(32-42)37-16-5-3-6-17-37)43-24-14-22-41(33-43)38-18-7-4-8-19-38/h3-36H,1-2H3. The summed E-state index contributed by atoms with van der Waals surface area (Å²) in [6.07, 6.45) is 0. The van der Waals surface area contributed by atoms with Gasteiger partial charge in [-0.25, -0.2) is 0 Å². The van der Waals surface area contributed by atoms with Crippen molar-refractivity contribution in [3.8, 4) is 56.4 Å². The lowest BCUT2D eigenvalue weighted by atomic mass is 9.34. The monoisotopic (exact) mass is 805 g/mol. The molecule has 63 heavy (non-hydrogen) atoms. The Kier molecular flexibility index (Phi) is 7.75. The summed E-state index contributed by atoms with van der Waals surface area (Å²) in [6.45, 7) is 4.75. The molecule has 0 saturated carbocycles. The molecule has 3 aliphatic rings. The maximum atomic E-state index is 6.96. The van der Waals surface area contributed by atoms with E-state index in [1.807, 2.05) is 6.07 Å². The first-order valence-corrected chi connectivity index (χ1v) is 21.9. The number of fused-ring (bicyclic) bond motifs is 11. The molecule has 1 aliphatic carbocycles. The Hall–Kier alpha value is -7.82. The molecule has 0 unspecified atom stereocenters. The number of hydrogen-bond acceptors (Lipinski definition) is 3. The topological polar surface area (TPSA) is 21.7 Å². The average Bonchev–Trinajstić information content (AvgIpc) is 3.56. The summed E-state index contributed by atoms with van der Waals surface area (Å²) in [5.74, 6) is 3.52. The number of benzene rings is 10. The maximum Gasteiger partial charge on any atom is 0.261 e. The highest BCUT2D eigenvalue weighted by molar-refractivity contribution is 6.99. The molecule has 0 spiro atoms. The van der Waals surface area contributed by atoms with Gasteiger partial charge < -0.3 is 14.4 Å². The van der Waals surface area contributed by atoms with Crippen LogP contribution in [0.15, 0.2) is 206 Å². The van der Waals surface area contributed by atoms with Gasteiger partial charge in [-0.1, -0.05) is 166 Å². The fourth-order valence-corrected chi connectivity index (χ4v) is 10.8. The molecule has 0 aromatic heterocycles. The highest BCUT2D eigenvalue weighted by Gasteiger charge is 2.45. The number of nitrogens with zero attached hydrogens (tertiary/aromatic N) is 1. The van der Waals surface area contributed by atoms with Crippen LogP contribution < -0.4 is 30.8 Å². The molecule has 4 heteroatoms. The predicted molar refractivity (Wildman–Crippen MR) is 262 cm³/mol. The van der Waals surface area contributed by atoms with Gasteiger partial charge in [0, 0.05) is 27.6 Å². The summed E-state index contributed by atoms with van der Waals surface area (Å²) in [7, 11) is 0. The SMILES string of the molecule is CC1(C)c2cc3c(cc2-c2c1cc(N(c1cccc(-c4ccccc4)c1)c1cccc(-c4ccccc4)c1)c1ccccc21)Oc1cccc2c1B3c1c(ccc3ccccc13)O2. The molecule has 2 aliphatic heterocycles. The molecule has 3 nitrogen and oxygen atoms in total. The van der Waals surface area contributed by atoms with Crippen molar-refractivity contribution in [3.05, 3.63) is 217 Å². The van der Waals surface area contributed by atoms with E-state index in [4.69, 9.17) is 9.47 Å². The normalized spacial score (nSPS) is 13.6. The van der Waals surface area contributed by atoms with Crippen molar-refractivity contribution in [2.45, 2.75) is 19.3 Å². The fraction of sp³-hybridized carbons (Fsp3) is 0.0508. The van der Waals surface area contributed by atoms with Gasteiger partial charge in [-0.2, -0.15) is 0 Å². The Morgan fingerprint density at radius 3 is 1.65 bits per heavy atom. The average molecular weight is 806 g/mol. The van der Waals surface area contributed by atoms with Gasteiger partial charge in [0.2, 0.25) is 0 Å². The summed E-state index contributed by atoms with van der Waals surface area (Å²) in [5, 5.41) is 4.82. The molecular formula is C59H40BNO2. The minimum absolute atomic E-state index is 0.0452. The van der Waals surface area contributed by atoms with Crippen LogP contribution >= 0.6 is 0 Å². The van der Waals surface area contributed by atoms with Crippen LogP contribution in [0.2, 0.25) is 0 Å².